The van der Waals surface area contributed by atoms with Crippen LogP contribution in [0.1, 0.15) is 39.9 Å². The Morgan fingerprint density at radius 1 is 0.786 bits per heavy atom. The number of benzene rings is 4. The van der Waals surface area contributed by atoms with Crippen LogP contribution in [0.25, 0.3) is 10.8 Å². The predicted octanol–water partition coefficient (Wildman–Crippen LogP) is 4.66. The largest absolute Gasteiger partial charge is 0.367 e. The topological polar surface area (TPSA) is 73.0 Å². The second-order valence-electron chi connectivity index (χ2n) is 11.3. The Labute approximate surface area is 243 Å². The number of para-hydroxylation sites is 1. The van der Waals surface area contributed by atoms with Crippen molar-refractivity contribution in [2.24, 2.45) is 0 Å². The predicted molar refractivity (Wildman–Crippen MR) is 160 cm³/mol. The summed E-state index contributed by atoms with van der Waals surface area (Å²) < 4.78 is 14.2. The van der Waals surface area contributed by atoms with Crippen molar-refractivity contribution in [1.29, 1.82) is 0 Å². The second-order valence-corrected chi connectivity index (χ2v) is 11.3. The van der Waals surface area contributed by atoms with Crippen LogP contribution < -0.4 is 15.1 Å². The summed E-state index contributed by atoms with van der Waals surface area (Å²) in [7, 11) is 0. The number of amides is 3. The fraction of sp³-hybridized carbons (Fsp3) is 0.265. The van der Waals surface area contributed by atoms with Gasteiger partial charge in [0.05, 0.1) is 11.4 Å². The number of piperazine rings is 1. The fourth-order valence-corrected chi connectivity index (χ4v) is 6.55. The number of hydrogen-bond donors (Lipinski definition) is 1. The number of piperidine rings is 1. The van der Waals surface area contributed by atoms with Crippen molar-refractivity contribution in [3.05, 3.63) is 107 Å². The molecule has 4 aromatic carbocycles. The Hall–Kier alpha value is -4.56. The van der Waals surface area contributed by atoms with Crippen LogP contribution >= 0.6 is 0 Å². The fourth-order valence-electron chi connectivity index (χ4n) is 6.55. The third-order valence-corrected chi connectivity index (χ3v) is 8.73. The Morgan fingerprint density at radius 3 is 2.31 bits per heavy atom. The first-order valence-electron chi connectivity index (χ1n) is 14.5. The SMILES string of the molecule is O=C1CCC(N2C(=O)c3cccc4c(Cc5ccc(CN6CCN(c7ccccc7F)CC6)cc5)ccc2c34)C(=O)N1. The zero-order valence-corrected chi connectivity index (χ0v) is 23.2. The molecule has 0 bridgehead atoms. The lowest BCUT2D eigenvalue weighted by Crippen LogP contribution is -2.53. The minimum atomic E-state index is -0.688. The number of anilines is 2. The summed E-state index contributed by atoms with van der Waals surface area (Å²) >= 11 is 0. The molecule has 4 aromatic rings. The molecular weight excluding hydrogens is 531 g/mol. The maximum atomic E-state index is 14.2. The summed E-state index contributed by atoms with van der Waals surface area (Å²) in [5, 5.41) is 4.26. The van der Waals surface area contributed by atoms with Gasteiger partial charge in [0.2, 0.25) is 11.8 Å². The van der Waals surface area contributed by atoms with Crippen molar-refractivity contribution in [3.63, 3.8) is 0 Å². The van der Waals surface area contributed by atoms with Gasteiger partial charge in [0, 0.05) is 50.1 Å². The van der Waals surface area contributed by atoms with Crippen molar-refractivity contribution in [2.45, 2.75) is 31.8 Å². The molecule has 7 rings (SSSR count). The van der Waals surface area contributed by atoms with Crippen LogP contribution in [0.15, 0.2) is 78.9 Å². The molecule has 1 atom stereocenters. The molecule has 2 saturated heterocycles. The Bertz CT molecular complexity index is 1710. The highest BCUT2D eigenvalue weighted by Gasteiger charge is 2.40. The molecule has 7 nitrogen and oxygen atoms in total. The van der Waals surface area contributed by atoms with Crippen LogP contribution in [0.5, 0.6) is 0 Å². The first-order valence-corrected chi connectivity index (χ1v) is 14.5. The van der Waals surface area contributed by atoms with E-state index in [4.69, 9.17) is 0 Å². The van der Waals surface area contributed by atoms with Crippen molar-refractivity contribution in [2.75, 3.05) is 36.0 Å². The molecule has 1 N–H and O–H groups in total. The minimum Gasteiger partial charge on any atom is -0.367 e. The van der Waals surface area contributed by atoms with E-state index < -0.39 is 11.9 Å². The number of carbonyl (C=O) groups is 3. The van der Waals surface area contributed by atoms with Gasteiger partial charge in [-0.15, -0.1) is 0 Å². The smallest absolute Gasteiger partial charge is 0.259 e. The van der Waals surface area contributed by atoms with Crippen LogP contribution in [-0.4, -0.2) is 54.8 Å². The average Bonchev–Trinajstić information content (AvgIpc) is 3.28. The van der Waals surface area contributed by atoms with E-state index in [0.717, 1.165) is 54.7 Å². The van der Waals surface area contributed by atoms with E-state index in [2.05, 4.69) is 39.4 Å². The Morgan fingerprint density at radius 2 is 1.55 bits per heavy atom. The van der Waals surface area contributed by atoms with Crippen LogP contribution in [0.4, 0.5) is 15.8 Å². The molecule has 212 valence electrons. The van der Waals surface area contributed by atoms with Gasteiger partial charge in [-0.3, -0.25) is 29.5 Å². The van der Waals surface area contributed by atoms with Gasteiger partial charge < -0.3 is 4.90 Å². The van der Waals surface area contributed by atoms with Gasteiger partial charge in [0.15, 0.2) is 0 Å². The maximum absolute atomic E-state index is 14.2. The molecule has 0 aromatic heterocycles. The normalized spacial score (nSPS) is 19.1. The third-order valence-electron chi connectivity index (χ3n) is 8.73. The lowest BCUT2D eigenvalue weighted by Gasteiger charge is -2.36. The van der Waals surface area contributed by atoms with E-state index in [0.29, 0.717) is 24.1 Å². The molecule has 3 aliphatic rings. The molecule has 3 heterocycles. The van der Waals surface area contributed by atoms with Gasteiger partial charge >= 0.3 is 0 Å². The van der Waals surface area contributed by atoms with E-state index >= 15 is 0 Å². The molecule has 42 heavy (non-hydrogen) atoms. The van der Waals surface area contributed by atoms with E-state index in [1.807, 2.05) is 42.5 Å². The van der Waals surface area contributed by atoms with Gasteiger partial charge in [-0.25, -0.2) is 4.39 Å². The van der Waals surface area contributed by atoms with Crippen molar-refractivity contribution >= 4 is 39.9 Å². The summed E-state index contributed by atoms with van der Waals surface area (Å²) in [6, 6.07) is 24.7. The number of hydrogen-bond acceptors (Lipinski definition) is 5. The highest BCUT2D eigenvalue weighted by molar-refractivity contribution is 6.27. The summed E-state index contributed by atoms with van der Waals surface area (Å²) in [6.45, 7) is 4.21. The van der Waals surface area contributed by atoms with E-state index in [1.54, 1.807) is 11.0 Å². The Balaban J connectivity index is 1.05. The molecular formula is C34H31FN4O3. The van der Waals surface area contributed by atoms with E-state index in [1.165, 1.54) is 17.2 Å². The van der Waals surface area contributed by atoms with Crippen LogP contribution in [0.2, 0.25) is 0 Å². The molecule has 8 heteroatoms. The zero-order chi connectivity index (χ0) is 28.8. The highest BCUT2D eigenvalue weighted by Crippen LogP contribution is 2.41. The van der Waals surface area contributed by atoms with Crippen molar-refractivity contribution < 1.29 is 18.8 Å². The average molecular weight is 563 g/mol. The standard InChI is InChI=1S/C34H31FN4O3/c35-27-6-1-2-7-28(27)38-18-16-37(17-19-38)21-23-10-8-22(9-11-23)20-24-12-13-29-32-25(24)4-3-5-26(32)34(42)39(29)30-14-15-31(40)36-33(30)41/h1-13,30H,14-21H2,(H,36,40,41). The molecule has 0 spiro atoms. The van der Waals surface area contributed by atoms with Gasteiger partial charge in [-0.2, -0.15) is 0 Å². The third kappa shape index (κ3) is 4.71. The monoisotopic (exact) mass is 562 g/mol. The Kier molecular flexibility index (Phi) is 6.70. The molecule has 2 fully saturated rings. The second kappa shape index (κ2) is 10.7. The summed E-state index contributed by atoms with van der Waals surface area (Å²) in [5.74, 6) is -1.08. The molecule has 0 saturated carbocycles. The van der Waals surface area contributed by atoms with Crippen LogP contribution in [0, 0.1) is 5.82 Å². The lowest BCUT2D eigenvalue weighted by atomic mass is 9.95. The number of halogens is 1. The minimum absolute atomic E-state index is 0.167. The number of nitrogens with one attached hydrogen (secondary N) is 1. The van der Waals surface area contributed by atoms with Crippen LogP contribution in [0.3, 0.4) is 0 Å². The number of imide groups is 1. The van der Waals surface area contributed by atoms with Gasteiger partial charge in [0.25, 0.3) is 5.91 Å². The quantitative estimate of drug-likeness (QED) is 0.346. The molecule has 3 amide bonds. The lowest BCUT2D eigenvalue weighted by molar-refractivity contribution is -0.134. The van der Waals surface area contributed by atoms with E-state index in [9.17, 15) is 18.8 Å². The zero-order valence-electron chi connectivity index (χ0n) is 23.2. The highest BCUT2D eigenvalue weighted by atomic mass is 19.1. The maximum Gasteiger partial charge on any atom is 0.259 e. The van der Waals surface area contributed by atoms with Gasteiger partial charge in [-0.1, -0.05) is 54.6 Å². The first-order chi connectivity index (χ1) is 20.5. The van der Waals surface area contributed by atoms with Crippen molar-refractivity contribution in [3.8, 4) is 0 Å². The summed E-state index contributed by atoms with van der Waals surface area (Å²) in [4.78, 5) is 43.8. The van der Waals surface area contributed by atoms with E-state index in [-0.39, 0.29) is 24.1 Å². The number of nitrogens with zero attached hydrogens (tertiary/aromatic N) is 3. The molecule has 1 unspecified atom stereocenters. The summed E-state index contributed by atoms with van der Waals surface area (Å²) in [5.41, 5.74) is 5.54. The summed E-state index contributed by atoms with van der Waals surface area (Å²) in [6.07, 6.45) is 1.26. The first kappa shape index (κ1) is 26.3. The molecule has 0 aliphatic carbocycles. The molecule has 3 aliphatic heterocycles. The molecule has 0 radical (unpaired) electrons. The van der Waals surface area contributed by atoms with Gasteiger partial charge in [0.1, 0.15) is 11.9 Å². The van der Waals surface area contributed by atoms with Gasteiger partial charge in [-0.05, 0) is 59.2 Å². The number of carbonyl (C=O) groups excluding carboxylic acids is 3. The number of rotatable bonds is 6. The van der Waals surface area contributed by atoms with Crippen LogP contribution in [-0.2, 0) is 22.6 Å². The van der Waals surface area contributed by atoms with Crippen molar-refractivity contribution in [1.82, 2.24) is 10.2 Å².